The average Bonchev–Trinajstić information content (AvgIpc) is 3.41. The number of hydrogen-bond acceptors (Lipinski definition) is 5. The van der Waals surface area contributed by atoms with Crippen molar-refractivity contribution in [2.75, 3.05) is 39.8 Å². The number of aliphatic imine (C=N–C) groups is 1. The van der Waals surface area contributed by atoms with E-state index < -0.39 is 10.0 Å². The van der Waals surface area contributed by atoms with Gasteiger partial charge in [-0.3, -0.25) is 4.79 Å². The first kappa shape index (κ1) is 22.6. The van der Waals surface area contributed by atoms with Gasteiger partial charge in [-0.15, -0.1) is 0 Å². The van der Waals surface area contributed by atoms with Crippen LogP contribution in [0.4, 0.5) is 0 Å². The zero-order valence-corrected chi connectivity index (χ0v) is 18.8. The number of nitrogens with zero attached hydrogens (tertiary/aromatic N) is 3. The molecule has 1 N–H and O–H groups in total. The fraction of sp³-hybridized carbons (Fsp3) is 0.619. The molecule has 1 aromatic rings. The first-order valence-corrected chi connectivity index (χ1v) is 12.0. The lowest BCUT2D eigenvalue weighted by Gasteiger charge is -2.21. The van der Waals surface area contributed by atoms with Crippen molar-refractivity contribution < 1.29 is 17.9 Å². The minimum absolute atomic E-state index is 0.158. The van der Waals surface area contributed by atoms with E-state index in [0.717, 1.165) is 37.5 Å². The number of carbonyl (C=O) groups excluding carboxylic acids is 1. The minimum Gasteiger partial charge on any atom is -0.469 e. The molecule has 0 aromatic heterocycles. The molecule has 0 aliphatic carbocycles. The molecule has 166 valence electrons. The second-order valence-corrected chi connectivity index (χ2v) is 9.88. The standard InChI is InChI=1S/C21H32N4O4S/c1-4-22-21(24-14-16(2)19(15-24)20(26)29-3)23-13-17-7-9-18(10-8-17)30(27,28)25-11-5-6-12-25/h7-10,16,19H,4-6,11-15H2,1-3H3,(H,22,23). The van der Waals surface area contributed by atoms with Gasteiger partial charge in [0.15, 0.2) is 5.96 Å². The van der Waals surface area contributed by atoms with Crippen LogP contribution in [0.2, 0.25) is 0 Å². The average molecular weight is 437 g/mol. The topological polar surface area (TPSA) is 91.3 Å². The molecular formula is C21H32N4O4S. The summed E-state index contributed by atoms with van der Waals surface area (Å²) in [5.74, 6) is 0.602. The molecule has 2 saturated heterocycles. The minimum atomic E-state index is -3.40. The molecule has 0 bridgehead atoms. The first-order valence-electron chi connectivity index (χ1n) is 10.6. The van der Waals surface area contributed by atoms with E-state index in [1.54, 1.807) is 16.4 Å². The zero-order chi connectivity index (χ0) is 21.7. The van der Waals surface area contributed by atoms with Crippen LogP contribution < -0.4 is 5.32 Å². The van der Waals surface area contributed by atoms with Crippen molar-refractivity contribution in [1.29, 1.82) is 0 Å². The normalized spacial score (nSPS) is 23.0. The monoisotopic (exact) mass is 436 g/mol. The van der Waals surface area contributed by atoms with Crippen molar-refractivity contribution in [3.8, 4) is 0 Å². The lowest BCUT2D eigenvalue weighted by molar-refractivity contribution is -0.145. The number of ether oxygens (including phenoxy) is 1. The lowest BCUT2D eigenvalue weighted by atomic mass is 9.99. The van der Waals surface area contributed by atoms with Gasteiger partial charge in [0.05, 0.1) is 24.5 Å². The molecule has 9 heteroatoms. The second-order valence-electron chi connectivity index (χ2n) is 7.94. The highest BCUT2D eigenvalue weighted by molar-refractivity contribution is 7.89. The van der Waals surface area contributed by atoms with E-state index in [4.69, 9.17) is 9.73 Å². The van der Waals surface area contributed by atoms with Gasteiger partial charge in [0, 0.05) is 32.7 Å². The van der Waals surface area contributed by atoms with Crippen LogP contribution in [-0.4, -0.2) is 69.4 Å². The summed E-state index contributed by atoms with van der Waals surface area (Å²) in [6, 6.07) is 6.97. The van der Waals surface area contributed by atoms with E-state index in [2.05, 4.69) is 10.2 Å². The van der Waals surface area contributed by atoms with Gasteiger partial charge >= 0.3 is 5.97 Å². The molecule has 2 heterocycles. The van der Waals surface area contributed by atoms with Gasteiger partial charge in [-0.05, 0) is 43.4 Å². The molecule has 0 spiro atoms. The van der Waals surface area contributed by atoms with Crippen molar-refractivity contribution in [3.05, 3.63) is 29.8 Å². The molecule has 2 atom stereocenters. The second kappa shape index (κ2) is 9.78. The Morgan fingerprint density at radius 2 is 1.87 bits per heavy atom. The van der Waals surface area contributed by atoms with Crippen molar-refractivity contribution >= 4 is 22.0 Å². The Kier molecular flexibility index (Phi) is 7.36. The number of guanidine groups is 1. The maximum atomic E-state index is 12.7. The number of methoxy groups -OCH3 is 1. The van der Waals surface area contributed by atoms with Gasteiger partial charge in [-0.2, -0.15) is 4.31 Å². The van der Waals surface area contributed by atoms with Gasteiger partial charge in [-0.25, -0.2) is 13.4 Å². The molecule has 8 nitrogen and oxygen atoms in total. The summed E-state index contributed by atoms with van der Waals surface area (Å²) < 4.78 is 31.8. The Hall–Kier alpha value is -2.13. The Labute approximate surface area is 179 Å². The van der Waals surface area contributed by atoms with E-state index in [1.165, 1.54) is 7.11 Å². The molecule has 0 radical (unpaired) electrons. The maximum absolute atomic E-state index is 12.7. The molecule has 2 aliphatic rings. The first-order chi connectivity index (χ1) is 14.4. The number of hydrogen-bond donors (Lipinski definition) is 1. The van der Waals surface area contributed by atoms with Crippen molar-refractivity contribution in [1.82, 2.24) is 14.5 Å². The Morgan fingerprint density at radius 1 is 1.20 bits per heavy atom. The summed E-state index contributed by atoms with van der Waals surface area (Å²) in [6.07, 6.45) is 1.84. The Balaban J connectivity index is 1.68. The fourth-order valence-electron chi connectivity index (χ4n) is 4.03. The van der Waals surface area contributed by atoms with Gasteiger partial charge in [-0.1, -0.05) is 19.1 Å². The highest BCUT2D eigenvalue weighted by Crippen LogP contribution is 2.24. The fourth-order valence-corrected chi connectivity index (χ4v) is 5.55. The molecule has 0 amide bonds. The van der Waals surface area contributed by atoms with E-state index in [-0.39, 0.29) is 17.8 Å². The number of benzene rings is 1. The number of esters is 1. The zero-order valence-electron chi connectivity index (χ0n) is 18.0. The van der Waals surface area contributed by atoms with Crippen LogP contribution in [0, 0.1) is 11.8 Å². The van der Waals surface area contributed by atoms with E-state index in [9.17, 15) is 13.2 Å². The highest BCUT2D eigenvalue weighted by Gasteiger charge is 2.36. The van der Waals surface area contributed by atoms with Crippen LogP contribution >= 0.6 is 0 Å². The maximum Gasteiger partial charge on any atom is 0.310 e. The van der Waals surface area contributed by atoms with Gasteiger partial charge in [0.25, 0.3) is 0 Å². The van der Waals surface area contributed by atoms with E-state index in [0.29, 0.717) is 31.1 Å². The number of likely N-dealkylation sites (tertiary alicyclic amines) is 1. The van der Waals surface area contributed by atoms with Crippen LogP contribution in [0.1, 0.15) is 32.3 Å². The summed E-state index contributed by atoms with van der Waals surface area (Å²) in [7, 11) is -1.98. The largest absolute Gasteiger partial charge is 0.469 e. The Morgan fingerprint density at radius 3 is 2.47 bits per heavy atom. The highest BCUT2D eigenvalue weighted by atomic mass is 32.2. The molecule has 2 fully saturated rings. The van der Waals surface area contributed by atoms with Crippen LogP contribution in [0.15, 0.2) is 34.2 Å². The van der Waals surface area contributed by atoms with Gasteiger partial charge in [0.1, 0.15) is 0 Å². The number of rotatable bonds is 6. The summed E-state index contributed by atoms with van der Waals surface area (Å²) in [5.41, 5.74) is 0.933. The lowest BCUT2D eigenvalue weighted by Crippen LogP contribution is -2.40. The van der Waals surface area contributed by atoms with Gasteiger partial charge in [0.2, 0.25) is 10.0 Å². The molecule has 2 unspecified atom stereocenters. The summed E-state index contributed by atoms with van der Waals surface area (Å²) >= 11 is 0. The summed E-state index contributed by atoms with van der Waals surface area (Å²) in [5, 5.41) is 3.29. The number of nitrogens with one attached hydrogen (secondary N) is 1. The third-order valence-corrected chi connectivity index (χ3v) is 7.70. The molecule has 0 saturated carbocycles. The predicted octanol–water partition coefficient (Wildman–Crippen LogP) is 1.68. The molecule has 3 rings (SSSR count). The molecular weight excluding hydrogens is 404 g/mol. The van der Waals surface area contributed by atoms with Crippen molar-refractivity contribution in [3.63, 3.8) is 0 Å². The predicted molar refractivity (Wildman–Crippen MR) is 115 cm³/mol. The van der Waals surface area contributed by atoms with Crippen molar-refractivity contribution in [2.45, 2.75) is 38.1 Å². The third kappa shape index (κ3) is 4.95. The number of sulfonamides is 1. The van der Waals surface area contributed by atoms with Crippen LogP contribution in [0.25, 0.3) is 0 Å². The number of carbonyl (C=O) groups is 1. The van der Waals surface area contributed by atoms with Crippen molar-refractivity contribution in [2.24, 2.45) is 16.8 Å². The third-order valence-electron chi connectivity index (χ3n) is 5.79. The quantitative estimate of drug-likeness (QED) is 0.414. The SMILES string of the molecule is CCNC(=NCc1ccc(S(=O)(=O)N2CCCC2)cc1)N1CC(C)C(C(=O)OC)C1. The summed E-state index contributed by atoms with van der Waals surface area (Å²) in [6.45, 7) is 7.71. The molecule has 30 heavy (non-hydrogen) atoms. The van der Waals surface area contributed by atoms with Crippen LogP contribution in [0.3, 0.4) is 0 Å². The van der Waals surface area contributed by atoms with Gasteiger partial charge < -0.3 is 15.0 Å². The summed E-state index contributed by atoms with van der Waals surface area (Å²) in [4.78, 5) is 19.1. The van der Waals surface area contributed by atoms with Crippen LogP contribution in [0.5, 0.6) is 0 Å². The molecule has 1 aromatic carbocycles. The van der Waals surface area contributed by atoms with E-state index in [1.807, 2.05) is 26.0 Å². The Bertz CT molecular complexity index is 863. The smallest absolute Gasteiger partial charge is 0.310 e. The van der Waals surface area contributed by atoms with E-state index >= 15 is 0 Å². The molecule has 2 aliphatic heterocycles. The van der Waals surface area contributed by atoms with Crippen LogP contribution in [-0.2, 0) is 26.1 Å².